The van der Waals surface area contributed by atoms with Crippen LogP contribution in [0.5, 0.6) is 0 Å². The molecule has 0 fully saturated rings. The summed E-state index contributed by atoms with van der Waals surface area (Å²) in [6.45, 7) is 0. The molecule has 2 N–H and O–H groups in total. The van der Waals surface area contributed by atoms with Gasteiger partial charge in [-0.25, -0.2) is 9.97 Å². The van der Waals surface area contributed by atoms with Gasteiger partial charge in [0.15, 0.2) is 11.5 Å². The van der Waals surface area contributed by atoms with Crippen molar-refractivity contribution in [1.29, 1.82) is 0 Å². The molecule has 0 unspecified atom stereocenters. The van der Waals surface area contributed by atoms with E-state index in [2.05, 4.69) is 54.8 Å². The lowest BCUT2D eigenvalue weighted by atomic mass is 10.1. The van der Waals surface area contributed by atoms with E-state index in [1.807, 2.05) is 36.7 Å². The van der Waals surface area contributed by atoms with Crippen LogP contribution in [0.15, 0.2) is 72.5 Å². The molecule has 0 aliphatic carbocycles. The van der Waals surface area contributed by atoms with Gasteiger partial charge in [-0.3, -0.25) is 10.1 Å². The zero-order valence-corrected chi connectivity index (χ0v) is 15.9. The maximum atomic E-state index is 4.89. The Labute approximate surface area is 169 Å². The van der Waals surface area contributed by atoms with E-state index >= 15 is 0 Å². The minimum Gasteiger partial charge on any atom is -0.337 e. The Kier molecular flexibility index (Phi) is 3.54. The number of imidazole rings is 1. The number of nitrogens with zero attached hydrogens (tertiary/aromatic N) is 4. The monoisotopic (exact) mass is 394 g/mol. The zero-order valence-electron chi connectivity index (χ0n) is 15.1. The number of thiophene rings is 1. The first-order chi connectivity index (χ1) is 14.4. The molecule has 138 valence electrons. The molecular formula is C22H14N6S. The van der Waals surface area contributed by atoms with Crippen LogP contribution in [-0.4, -0.2) is 30.1 Å². The highest BCUT2D eigenvalue weighted by Crippen LogP contribution is 2.33. The van der Waals surface area contributed by atoms with Gasteiger partial charge in [-0.15, -0.1) is 11.3 Å². The van der Waals surface area contributed by atoms with Crippen LogP contribution in [-0.2, 0) is 0 Å². The van der Waals surface area contributed by atoms with Gasteiger partial charge in [0.2, 0.25) is 0 Å². The first kappa shape index (κ1) is 16.1. The number of hydrogen-bond acceptors (Lipinski definition) is 5. The summed E-state index contributed by atoms with van der Waals surface area (Å²) in [4.78, 5) is 18.2. The molecule has 5 heterocycles. The summed E-state index contributed by atoms with van der Waals surface area (Å²) >= 11 is 1.71. The quantitative estimate of drug-likeness (QED) is 0.427. The Morgan fingerprint density at radius 2 is 1.93 bits per heavy atom. The van der Waals surface area contributed by atoms with Crippen LogP contribution in [0, 0.1) is 0 Å². The van der Waals surface area contributed by atoms with Crippen LogP contribution >= 0.6 is 11.3 Å². The van der Waals surface area contributed by atoms with Gasteiger partial charge in [-0.05, 0) is 29.6 Å². The number of nitrogens with one attached hydrogen (secondary N) is 2. The van der Waals surface area contributed by atoms with Crippen molar-refractivity contribution in [3.63, 3.8) is 0 Å². The second kappa shape index (κ2) is 6.35. The molecule has 6 aromatic rings. The number of aromatic nitrogens is 6. The Morgan fingerprint density at radius 3 is 2.79 bits per heavy atom. The van der Waals surface area contributed by atoms with Crippen molar-refractivity contribution in [1.82, 2.24) is 30.1 Å². The van der Waals surface area contributed by atoms with Gasteiger partial charge in [0, 0.05) is 40.2 Å². The SMILES string of the molecule is c1cncc(-c2cnc3[nH]nc(-c4nc5c(-c6cccs6)cccc5[nH]4)c3c2)c1. The molecular weight excluding hydrogens is 380 g/mol. The Balaban J connectivity index is 1.53. The maximum Gasteiger partial charge on any atom is 0.159 e. The van der Waals surface area contributed by atoms with Crippen molar-refractivity contribution in [3.8, 4) is 33.1 Å². The minimum absolute atomic E-state index is 0.723. The van der Waals surface area contributed by atoms with Gasteiger partial charge in [-0.2, -0.15) is 5.10 Å². The molecule has 0 aliphatic rings. The highest BCUT2D eigenvalue weighted by Gasteiger charge is 2.16. The third-order valence-corrected chi connectivity index (χ3v) is 5.84. The number of pyridine rings is 2. The molecule has 6 nitrogen and oxygen atoms in total. The van der Waals surface area contributed by atoms with E-state index in [1.165, 1.54) is 4.88 Å². The van der Waals surface area contributed by atoms with Gasteiger partial charge in [0.05, 0.1) is 16.4 Å². The van der Waals surface area contributed by atoms with Gasteiger partial charge in [-0.1, -0.05) is 24.3 Å². The molecule has 0 atom stereocenters. The summed E-state index contributed by atoms with van der Waals surface area (Å²) in [6.07, 6.45) is 5.42. The van der Waals surface area contributed by atoms with Crippen molar-refractivity contribution in [2.75, 3.05) is 0 Å². The molecule has 29 heavy (non-hydrogen) atoms. The fourth-order valence-electron chi connectivity index (χ4n) is 3.55. The lowest BCUT2D eigenvalue weighted by Crippen LogP contribution is -1.84. The summed E-state index contributed by atoms with van der Waals surface area (Å²) in [5, 5.41) is 10.5. The van der Waals surface area contributed by atoms with Crippen LogP contribution in [0.25, 0.3) is 55.2 Å². The predicted molar refractivity (Wildman–Crippen MR) is 116 cm³/mol. The number of rotatable bonds is 3. The lowest BCUT2D eigenvalue weighted by molar-refractivity contribution is 1.09. The van der Waals surface area contributed by atoms with E-state index in [4.69, 9.17) is 4.98 Å². The van der Waals surface area contributed by atoms with Gasteiger partial charge < -0.3 is 4.98 Å². The smallest absolute Gasteiger partial charge is 0.159 e. The normalized spacial score (nSPS) is 11.4. The first-order valence-corrected chi connectivity index (χ1v) is 10.0. The summed E-state index contributed by atoms with van der Waals surface area (Å²) in [5.41, 5.74) is 6.53. The van der Waals surface area contributed by atoms with Crippen LogP contribution < -0.4 is 0 Å². The highest BCUT2D eigenvalue weighted by molar-refractivity contribution is 7.13. The molecule has 0 bridgehead atoms. The summed E-state index contributed by atoms with van der Waals surface area (Å²) in [7, 11) is 0. The fraction of sp³-hybridized carbons (Fsp3) is 0. The number of H-pyrrole nitrogens is 2. The second-order valence-corrected chi connectivity index (χ2v) is 7.65. The molecule has 0 amide bonds. The van der Waals surface area contributed by atoms with E-state index in [9.17, 15) is 0 Å². The summed E-state index contributed by atoms with van der Waals surface area (Å²) < 4.78 is 0. The predicted octanol–water partition coefficient (Wildman–Crippen LogP) is 5.29. The summed E-state index contributed by atoms with van der Waals surface area (Å²) in [5.74, 6) is 0.723. The molecule has 0 spiro atoms. The van der Waals surface area contributed by atoms with Crippen molar-refractivity contribution in [3.05, 3.63) is 72.5 Å². The van der Waals surface area contributed by atoms with Gasteiger partial charge >= 0.3 is 0 Å². The van der Waals surface area contributed by atoms with Crippen LogP contribution in [0.2, 0.25) is 0 Å². The Bertz CT molecular complexity index is 1450. The highest BCUT2D eigenvalue weighted by atomic mass is 32.1. The van der Waals surface area contributed by atoms with Crippen molar-refractivity contribution < 1.29 is 0 Å². The number of aromatic amines is 2. The Morgan fingerprint density at radius 1 is 0.931 bits per heavy atom. The molecule has 0 aliphatic heterocycles. The topological polar surface area (TPSA) is 83.1 Å². The molecule has 5 aromatic heterocycles. The van der Waals surface area contributed by atoms with Crippen LogP contribution in [0.4, 0.5) is 0 Å². The van der Waals surface area contributed by atoms with Gasteiger partial charge in [0.1, 0.15) is 5.69 Å². The standard InChI is InChI=1S/C22H14N6S/c1-5-15(18-7-3-9-29-18)19-17(6-1)25-22(26-19)20-16-10-14(12-24-21(16)28-27-20)13-4-2-8-23-11-13/h1-12H,(H,25,26)(H,24,27,28). The maximum absolute atomic E-state index is 4.89. The van der Waals surface area contributed by atoms with Crippen molar-refractivity contribution in [2.45, 2.75) is 0 Å². The molecule has 0 saturated heterocycles. The zero-order chi connectivity index (χ0) is 19.2. The average molecular weight is 394 g/mol. The lowest BCUT2D eigenvalue weighted by Gasteiger charge is -2.00. The molecule has 1 aromatic carbocycles. The second-order valence-electron chi connectivity index (χ2n) is 6.70. The first-order valence-electron chi connectivity index (χ1n) is 9.14. The number of hydrogen-bond donors (Lipinski definition) is 2. The minimum atomic E-state index is 0.723. The largest absolute Gasteiger partial charge is 0.337 e. The van der Waals surface area contributed by atoms with E-state index in [1.54, 1.807) is 17.5 Å². The molecule has 0 radical (unpaired) electrons. The number of benzene rings is 1. The van der Waals surface area contributed by atoms with Crippen molar-refractivity contribution in [2.24, 2.45) is 0 Å². The number of para-hydroxylation sites is 1. The van der Waals surface area contributed by atoms with Crippen molar-refractivity contribution >= 4 is 33.4 Å². The van der Waals surface area contributed by atoms with Gasteiger partial charge in [0.25, 0.3) is 0 Å². The Hall–Kier alpha value is -3.84. The van der Waals surface area contributed by atoms with E-state index in [0.29, 0.717) is 0 Å². The molecule has 7 heteroatoms. The molecule has 6 rings (SSSR count). The third kappa shape index (κ3) is 2.63. The average Bonchev–Trinajstić information content (AvgIpc) is 3.52. The number of fused-ring (bicyclic) bond motifs is 2. The third-order valence-electron chi connectivity index (χ3n) is 4.93. The fourth-order valence-corrected chi connectivity index (χ4v) is 4.30. The summed E-state index contributed by atoms with van der Waals surface area (Å²) in [6, 6.07) is 16.4. The van der Waals surface area contributed by atoms with E-state index < -0.39 is 0 Å². The van der Waals surface area contributed by atoms with Crippen LogP contribution in [0.3, 0.4) is 0 Å². The molecule has 0 saturated carbocycles. The van der Waals surface area contributed by atoms with Crippen LogP contribution in [0.1, 0.15) is 0 Å². The van der Waals surface area contributed by atoms with E-state index in [0.717, 1.165) is 50.3 Å². The van der Waals surface area contributed by atoms with E-state index in [-0.39, 0.29) is 0 Å².